The molecule has 0 heterocycles. The molecule has 2 atom stereocenters. The number of amides is 1. The fraction of sp³-hybridized carbons (Fsp3) is 0.235. The summed E-state index contributed by atoms with van der Waals surface area (Å²) in [5.74, 6) is -0.376. The highest BCUT2D eigenvalue weighted by Crippen LogP contribution is 2.28. The maximum Gasteiger partial charge on any atom is 0.261 e. The third-order valence-electron chi connectivity index (χ3n) is 3.30. The van der Waals surface area contributed by atoms with Crippen LogP contribution in [0.25, 0.3) is 0 Å². The Hall–Kier alpha value is -1.78. The van der Waals surface area contributed by atoms with E-state index in [1.165, 1.54) is 12.1 Å². The molecule has 2 rings (SSSR count). The normalized spacial score (nSPS) is 13.3. The lowest BCUT2D eigenvalue weighted by molar-refractivity contribution is -0.127. The van der Waals surface area contributed by atoms with Crippen LogP contribution in [0.5, 0.6) is 5.75 Å². The second-order valence-corrected chi connectivity index (χ2v) is 5.93. The molecule has 2 aromatic carbocycles. The van der Waals surface area contributed by atoms with Gasteiger partial charge in [0.2, 0.25) is 0 Å². The van der Waals surface area contributed by atoms with Gasteiger partial charge in [0, 0.05) is 10.6 Å². The zero-order valence-corrected chi connectivity index (χ0v) is 14.2. The minimum atomic E-state index is -0.789. The van der Waals surface area contributed by atoms with Crippen LogP contribution >= 0.6 is 23.2 Å². The number of nitrogens with one attached hydrogen (secondary N) is 1. The Kier molecular flexibility index (Phi) is 5.85. The van der Waals surface area contributed by atoms with Crippen molar-refractivity contribution >= 4 is 29.1 Å². The number of ether oxygens (including phenoxy) is 1. The molecule has 0 aromatic heterocycles. The molecule has 1 N–H and O–H groups in total. The molecule has 23 heavy (non-hydrogen) atoms. The van der Waals surface area contributed by atoms with E-state index < -0.39 is 12.1 Å². The summed E-state index contributed by atoms with van der Waals surface area (Å²) in [7, 11) is 0. The molecule has 0 aliphatic carbocycles. The van der Waals surface area contributed by atoms with Gasteiger partial charge in [0.05, 0.1) is 11.1 Å². The van der Waals surface area contributed by atoms with Crippen LogP contribution < -0.4 is 10.1 Å². The SMILES string of the molecule is CC(Oc1ccc(Cl)cc1Cl)C(=O)NC(C)c1ccccc1F. The summed E-state index contributed by atoms with van der Waals surface area (Å²) in [4.78, 5) is 12.2. The summed E-state index contributed by atoms with van der Waals surface area (Å²) in [5.41, 5.74) is 0.414. The van der Waals surface area contributed by atoms with Gasteiger partial charge in [0.15, 0.2) is 6.10 Å². The number of carbonyl (C=O) groups excluding carboxylic acids is 1. The summed E-state index contributed by atoms with van der Waals surface area (Å²) in [6.07, 6.45) is -0.789. The molecule has 0 saturated heterocycles. The molecule has 0 aliphatic rings. The molecule has 2 aromatic rings. The van der Waals surface area contributed by atoms with Crippen LogP contribution in [0, 0.1) is 5.82 Å². The van der Waals surface area contributed by atoms with Gasteiger partial charge in [-0.15, -0.1) is 0 Å². The zero-order valence-electron chi connectivity index (χ0n) is 12.6. The van der Waals surface area contributed by atoms with Crippen molar-refractivity contribution < 1.29 is 13.9 Å². The van der Waals surface area contributed by atoms with E-state index in [9.17, 15) is 9.18 Å². The van der Waals surface area contributed by atoms with E-state index in [1.54, 1.807) is 44.2 Å². The molecule has 1 amide bonds. The molecule has 3 nitrogen and oxygen atoms in total. The van der Waals surface area contributed by atoms with Gasteiger partial charge in [-0.1, -0.05) is 41.4 Å². The molecule has 0 saturated carbocycles. The zero-order chi connectivity index (χ0) is 17.0. The van der Waals surface area contributed by atoms with Crippen molar-refractivity contribution in [2.75, 3.05) is 0 Å². The number of benzene rings is 2. The highest BCUT2D eigenvalue weighted by molar-refractivity contribution is 6.35. The van der Waals surface area contributed by atoms with Crippen molar-refractivity contribution in [3.8, 4) is 5.75 Å². The fourth-order valence-corrected chi connectivity index (χ4v) is 2.50. The van der Waals surface area contributed by atoms with Gasteiger partial charge in [0.1, 0.15) is 11.6 Å². The lowest BCUT2D eigenvalue weighted by Gasteiger charge is -2.19. The van der Waals surface area contributed by atoms with Gasteiger partial charge in [-0.3, -0.25) is 4.79 Å². The second kappa shape index (κ2) is 7.66. The van der Waals surface area contributed by atoms with Crippen LogP contribution in [0.4, 0.5) is 4.39 Å². The van der Waals surface area contributed by atoms with Crippen LogP contribution in [-0.4, -0.2) is 12.0 Å². The smallest absolute Gasteiger partial charge is 0.261 e. The number of carbonyl (C=O) groups is 1. The molecule has 122 valence electrons. The van der Waals surface area contributed by atoms with Crippen LogP contribution in [0.1, 0.15) is 25.5 Å². The van der Waals surface area contributed by atoms with E-state index in [1.807, 2.05) is 0 Å². The lowest BCUT2D eigenvalue weighted by atomic mass is 10.1. The van der Waals surface area contributed by atoms with Crippen LogP contribution in [0.2, 0.25) is 10.0 Å². The first-order chi connectivity index (χ1) is 10.9. The van der Waals surface area contributed by atoms with E-state index in [0.717, 1.165) is 0 Å². The second-order valence-electron chi connectivity index (χ2n) is 5.09. The molecule has 2 unspecified atom stereocenters. The van der Waals surface area contributed by atoms with Crippen molar-refractivity contribution in [1.29, 1.82) is 0 Å². The quantitative estimate of drug-likeness (QED) is 0.838. The molecule has 0 fully saturated rings. The predicted octanol–water partition coefficient (Wildman–Crippen LogP) is 4.78. The van der Waals surface area contributed by atoms with Gasteiger partial charge in [-0.2, -0.15) is 0 Å². The highest BCUT2D eigenvalue weighted by Gasteiger charge is 2.20. The monoisotopic (exact) mass is 355 g/mol. The average Bonchev–Trinajstić information content (AvgIpc) is 2.50. The number of rotatable bonds is 5. The summed E-state index contributed by atoms with van der Waals surface area (Å²) < 4.78 is 19.2. The van der Waals surface area contributed by atoms with Gasteiger partial charge in [0.25, 0.3) is 5.91 Å². The van der Waals surface area contributed by atoms with Crippen molar-refractivity contribution in [3.05, 3.63) is 63.9 Å². The standard InChI is InChI=1S/C17H16Cl2FNO2/c1-10(13-5-3-4-6-15(13)20)21-17(22)11(2)23-16-8-7-12(18)9-14(16)19/h3-11H,1-2H3,(H,21,22). The number of halogens is 3. The van der Waals surface area contributed by atoms with E-state index in [-0.39, 0.29) is 11.7 Å². The lowest BCUT2D eigenvalue weighted by Crippen LogP contribution is -2.38. The third-order valence-corrected chi connectivity index (χ3v) is 3.83. The minimum Gasteiger partial charge on any atom is -0.479 e. The Labute approximate surface area is 144 Å². The van der Waals surface area contributed by atoms with E-state index in [4.69, 9.17) is 27.9 Å². The van der Waals surface area contributed by atoms with E-state index >= 15 is 0 Å². The molecule has 0 spiro atoms. The molecule has 6 heteroatoms. The topological polar surface area (TPSA) is 38.3 Å². The summed E-state index contributed by atoms with van der Waals surface area (Å²) in [6.45, 7) is 3.30. The van der Waals surface area contributed by atoms with Crippen LogP contribution in [0.15, 0.2) is 42.5 Å². The van der Waals surface area contributed by atoms with E-state index in [2.05, 4.69) is 5.32 Å². The first-order valence-electron chi connectivity index (χ1n) is 7.05. The van der Waals surface area contributed by atoms with Crippen molar-refractivity contribution in [2.45, 2.75) is 26.0 Å². The maximum atomic E-state index is 13.7. The first kappa shape index (κ1) is 17.6. The summed E-state index contributed by atoms with van der Waals surface area (Å²) in [6, 6.07) is 10.6. The van der Waals surface area contributed by atoms with Crippen molar-refractivity contribution in [1.82, 2.24) is 5.32 Å². The highest BCUT2D eigenvalue weighted by atomic mass is 35.5. The number of hydrogen-bond donors (Lipinski definition) is 1. The van der Waals surface area contributed by atoms with Gasteiger partial charge >= 0.3 is 0 Å². The van der Waals surface area contributed by atoms with Crippen LogP contribution in [0.3, 0.4) is 0 Å². The summed E-state index contributed by atoms with van der Waals surface area (Å²) in [5, 5.41) is 3.51. The Bertz CT molecular complexity index is 709. The van der Waals surface area contributed by atoms with Crippen molar-refractivity contribution in [3.63, 3.8) is 0 Å². The Balaban J connectivity index is 2.01. The van der Waals surface area contributed by atoms with Gasteiger partial charge < -0.3 is 10.1 Å². The maximum absolute atomic E-state index is 13.7. The van der Waals surface area contributed by atoms with Gasteiger partial charge in [-0.05, 0) is 38.1 Å². The average molecular weight is 356 g/mol. The van der Waals surface area contributed by atoms with E-state index in [0.29, 0.717) is 21.4 Å². The van der Waals surface area contributed by atoms with Crippen molar-refractivity contribution in [2.24, 2.45) is 0 Å². The Morgan fingerprint density at radius 3 is 2.52 bits per heavy atom. The minimum absolute atomic E-state index is 0.319. The number of hydrogen-bond acceptors (Lipinski definition) is 2. The molecule has 0 aliphatic heterocycles. The molecule has 0 radical (unpaired) electrons. The Morgan fingerprint density at radius 1 is 1.17 bits per heavy atom. The fourth-order valence-electron chi connectivity index (χ4n) is 2.05. The largest absolute Gasteiger partial charge is 0.479 e. The first-order valence-corrected chi connectivity index (χ1v) is 7.80. The summed E-state index contributed by atoms with van der Waals surface area (Å²) >= 11 is 11.8. The Morgan fingerprint density at radius 2 is 1.87 bits per heavy atom. The van der Waals surface area contributed by atoms with Gasteiger partial charge in [-0.25, -0.2) is 4.39 Å². The predicted molar refractivity (Wildman–Crippen MR) is 89.5 cm³/mol. The molecular weight excluding hydrogens is 340 g/mol. The third kappa shape index (κ3) is 4.60. The van der Waals surface area contributed by atoms with Crippen LogP contribution in [-0.2, 0) is 4.79 Å². The molecular formula is C17H16Cl2FNO2. The molecule has 0 bridgehead atoms.